The van der Waals surface area contributed by atoms with Crippen molar-refractivity contribution in [3.05, 3.63) is 48.7 Å². The Morgan fingerprint density at radius 3 is 2.46 bits per heavy atom. The number of hydrogen-bond acceptors (Lipinski definition) is 3. The zero-order chi connectivity index (χ0) is 20.9. The monoisotopic (exact) mass is 401 g/mol. The van der Waals surface area contributed by atoms with Gasteiger partial charge in [-0.1, -0.05) is 32.0 Å². The molecule has 1 unspecified atom stereocenters. The van der Waals surface area contributed by atoms with Crippen LogP contribution in [0, 0.1) is 5.92 Å². The number of nitrogens with zero attached hydrogens (tertiary/aromatic N) is 1. The molecule has 0 aliphatic carbocycles. The molecular weight excluding hydrogens is 381 g/mol. The van der Waals surface area contributed by atoms with Crippen LogP contribution in [0.3, 0.4) is 0 Å². The highest BCUT2D eigenvalue weighted by Gasteiger charge is 2.55. The zero-order valence-electron chi connectivity index (χ0n) is 15.2. The molecule has 9 heteroatoms. The number of nitrogens with one attached hydrogen (secondary N) is 2. The first-order chi connectivity index (χ1) is 13.0. The molecule has 0 aliphatic heterocycles. The van der Waals surface area contributed by atoms with Crippen molar-refractivity contribution >= 4 is 22.5 Å². The van der Waals surface area contributed by atoms with Gasteiger partial charge in [0.15, 0.2) is 0 Å². The van der Waals surface area contributed by atoms with Crippen LogP contribution in [0.25, 0.3) is 10.9 Å². The average Bonchev–Trinajstić information content (AvgIpc) is 2.62. The van der Waals surface area contributed by atoms with Crippen molar-refractivity contribution in [1.29, 1.82) is 0 Å². The molecule has 2 aromatic rings. The number of aromatic nitrogens is 1. The van der Waals surface area contributed by atoms with E-state index in [0.717, 1.165) is 16.6 Å². The van der Waals surface area contributed by atoms with Crippen molar-refractivity contribution in [2.24, 2.45) is 5.92 Å². The molecule has 2 N–H and O–H groups in total. The van der Waals surface area contributed by atoms with Crippen LogP contribution in [0.15, 0.2) is 48.7 Å². The van der Waals surface area contributed by atoms with Crippen molar-refractivity contribution < 1.29 is 26.7 Å². The maximum absolute atomic E-state index is 12.8. The number of carbonyl (C=O) groups excluding carboxylic acids is 1. The normalized spacial score (nSPS) is 13.9. The predicted octanol–water partition coefficient (Wildman–Crippen LogP) is 4.54. The van der Waals surface area contributed by atoms with Crippen LogP contribution in [0.5, 0.6) is 0 Å². The maximum atomic E-state index is 12.8. The molecule has 4 nitrogen and oxygen atoms in total. The topological polar surface area (TPSA) is 54.0 Å². The number of carbonyl (C=O) groups is 1. The summed E-state index contributed by atoms with van der Waals surface area (Å²) in [7, 11) is 0. The van der Waals surface area contributed by atoms with E-state index in [9.17, 15) is 26.7 Å². The molecule has 0 radical (unpaired) electrons. The van der Waals surface area contributed by atoms with Crippen LogP contribution in [0.1, 0.15) is 13.8 Å². The van der Waals surface area contributed by atoms with Gasteiger partial charge >= 0.3 is 12.1 Å². The van der Waals surface area contributed by atoms with Crippen molar-refractivity contribution in [2.75, 3.05) is 11.9 Å². The number of hydrogen-bond donors (Lipinski definition) is 2. The minimum atomic E-state index is -5.74. The fraction of sp³-hybridized carbons (Fsp3) is 0.368. The third kappa shape index (κ3) is 5.40. The molecule has 28 heavy (non-hydrogen) atoms. The lowest BCUT2D eigenvalue weighted by atomic mass is 10.0. The molecule has 0 aliphatic rings. The van der Waals surface area contributed by atoms with Crippen LogP contribution < -0.4 is 10.6 Å². The van der Waals surface area contributed by atoms with E-state index in [4.69, 9.17) is 0 Å². The summed E-state index contributed by atoms with van der Waals surface area (Å²) in [6, 6.07) is 8.91. The quantitative estimate of drug-likeness (QED) is 0.529. The molecule has 1 aromatic carbocycles. The molecule has 0 saturated carbocycles. The van der Waals surface area contributed by atoms with Gasteiger partial charge in [0.25, 0.3) is 0 Å². The first-order valence-corrected chi connectivity index (χ1v) is 8.53. The molecule has 0 bridgehead atoms. The lowest BCUT2D eigenvalue weighted by molar-refractivity contribution is -0.259. The van der Waals surface area contributed by atoms with Gasteiger partial charge in [-0.25, -0.2) is 0 Å². The number of allylic oxidation sites excluding steroid dienone is 1. The molecule has 2 rings (SSSR count). The number of rotatable bonds is 7. The number of fused-ring (bicyclic) bond motifs is 1. The van der Waals surface area contributed by atoms with Crippen molar-refractivity contribution in [1.82, 2.24) is 10.3 Å². The number of benzene rings is 1. The van der Waals surface area contributed by atoms with Gasteiger partial charge in [0.2, 0.25) is 5.91 Å². The van der Waals surface area contributed by atoms with Gasteiger partial charge in [0.1, 0.15) is 0 Å². The van der Waals surface area contributed by atoms with Crippen molar-refractivity contribution in [2.45, 2.75) is 32.0 Å². The predicted molar refractivity (Wildman–Crippen MR) is 97.1 cm³/mol. The van der Waals surface area contributed by atoms with Crippen LogP contribution in [0.2, 0.25) is 0 Å². The Hall–Kier alpha value is -2.71. The highest BCUT2D eigenvalue weighted by atomic mass is 19.4. The fourth-order valence-electron chi connectivity index (χ4n) is 2.42. The van der Waals surface area contributed by atoms with Crippen LogP contribution in [0.4, 0.5) is 27.6 Å². The van der Waals surface area contributed by atoms with Gasteiger partial charge in [-0.15, -0.1) is 0 Å². The smallest absolute Gasteiger partial charge is 0.380 e. The molecule has 1 aromatic heterocycles. The molecule has 0 spiro atoms. The SMILES string of the molecule is CC(C)C(CNC(=O)C=CC(F)(F)C(F)(F)F)Nc1ccnc2ccccc12. The molecule has 0 saturated heterocycles. The molecule has 0 fully saturated rings. The second-order valence-electron chi connectivity index (χ2n) is 6.57. The summed E-state index contributed by atoms with van der Waals surface area (Å²) in [5.41, 5.74) is 1.55. The van der Waals surface area contributed by atoms with Gasteiger partial charge in [-0.05, 0) is 24.1 Å². The number of halogens is 5. The van der Waals surface area contributed by atoms with E-state index < -0.39 is 24.1 Å². The summed E-state index contributed by atoms with van der Waals surface area (Å²) in [6.45, 7) is 3.82. The van der Waals surface area contributed by atoms with E-state index in [1.165, 1.54) is 0 Å². The number of anilines is 1. The number of para-hydroxylation sites is 1. The first-order valence-electron chi connectivity index (χ1n) is 8.53. The van der Waals surface area contributed by atoms with E-state index >= 15 is 0 Å². The number of alkyl halides is 5. The first kappa shape index (κ1) is 21.6. The fourth-order valence-corrected chi connectivity index (χ4v) is 2.42. The minimum Gasteiger partial charge on any atom is -0.380 e. The van der Waals surface area contributed by atoms with Crippen molar-refractivity contribution in [3.8, 4) is 0 Å². The Morgan fingerprint density at radius 1 is 1.14 bits per heavy atom. The van der Waals surface area contributed by atoms with Crippen LogP contribution in [-0.4, -0.2) is 35.6 Å². The Kier molecular flexibility index (Phi) is 6.58. The summed E-state index contributed by atoms with van der Waals surface area (Å²) in [6.07, 6.45) is -4.36. The van der Waals surface area contributed by atoms with E-state index in [-0.39, 0.29) is 24.6 Å². The second-order valence-corrected chi connectivity index (χ2v) is 6.57. The summed E-state index contributed by atoms with van der Waals surface area (Å²) < 4.78 is 62.1. The highest BCUT2D eigenvalue weighted by Crippen LogP contribution is 2.36. The van der Waals surface area contributed by atoms with Crippen molar-refractivity contribution in [3.63, 3.8) is 0 Å². The number of pyridine rings is 1. The highest BCUT2D eigenvalue weighted by molar-refractivity contribution is 5.91. The average molecular weight is 401 g/mol. The summed E-state index contributed by atoms with van der Waals surface area (Å²) in [5, 5.41) is 6.49. The Bertz CT molecular complexity index is 844. The lowest BCUT2D eigenvalue weighted by Gasteiger charge is -2.24. The largest absolute Gasteiger partial charge is 0.457 e. The summed E-state index contributed by atoms with van der Waals surface area (Å²) in [4.78, 5) is 15.9. The molecule has 1 heterocycles. The lowest BCUT2D eigenvalue weighted by Crippen LogP contribution is -2.39. The summed E-state index contributed by atoms with van der Waals surface area (Å²) >= 11 is 0. The van der Waals surface area contributed by atoms with Crippen LogP contribution >= 0.6 is 0 Å². The standard InChI is InChI=1S/C19H20F5N3O/c1-12(2)16(11-26-17(28)7-9-18(20,21)19(22,23)24)27-15-8-10-25-14-6-4-3-5-13(14)15/h3-10,12,16H,11H2,1-2H3,(H,25,27)(H,26,28). The Labute approximate surface area is 158 Å². The second kappa shape index (κ2) is 8.53. The minimum absolute atomic E-state index is 0.0350. The van der Waals surface area contributed by atoms with E-state index in [1.54, 1.807) is 12.3 Å². The third-order valence-corrected chi connectivity index (χ3v) is 4.11. The maximum Gasteiger partial charge on any atom is 0.457 e. The van der Waals surface area contributed by atoms with Gasteiger partial charge in [-0.3, -0.25) is 9.78 Å². The Morgan fingerprint density at radius 2 is 1.82 bits per heavy atom. The van der Waals surface area contributed by atoms with E-state index in [0.29, 0.717) is 0 Å². The van der Waals surface area contributed by atoms with E-state index in [1.807, 2.05) is 38.1 Å². The summed E-state index contributed by atoms with van der Waals surface area (Å²) in [5.74, 6) is -6.06. The van der Waals surface area contributed by atoms with Gasteiger partial charge in [-0.2, -0.15) is 22.0 Å². The van der Waals surface area contributed by atoms with E-state index in [2.05, 4.69) is 15.6 Å². The number of amides is 1. The molecular formula is C19H20F5N3O. The van der Waals surface area contributed by atoms with Gasteiger partial charge in [0, 0.05) is 35.9 Å². The zero-order valence-corrected chi connectivity index (χ0v) is 15.2. The third-order valence-electron chi connectivity index (χ3n) is 4.11. The van der Waals surface area contributed by atoms with Gasteiger partial charge in [0.05, 0.1) is 5.52 Å². The molecule has 1 atom stereocenters. The molecule has 152 valence electrons. The molecule has 1 amide bonds. The Balaban J connectivity index is 2.04. The van der Waals surface area contributed by atoms with Crippen LogP contribution in [-0.2, 0) is 4.79 Å². The van der Waals surface area contributed by atoms with Gasteiger partial charge < -0.3 is 10.6 Å².